The van der Waals surface area contributed by atoms with Gasteiger partial charge in [0.25, 0.3) is 0 Å². The number of carbonyl (C=O) groups is 1. The molecule has 1 aromatic heterocycles. The highest BCUT2D eigenvalue weighted by Gasteiger charge is 2.02. The fourth-order valence-corrected chi connectivity index (χ4v) is 1.60. The summed E-state index contributed by atoms with van der Waals surface area (Å²) < 4.78 is 0. The van der Waals surface area contributed by atoms with Crippen molar-refractivity contribution in [3.63, 3.8) is 0 Å². The zero-order chi connectivity index (χ0) is 8.97. The van der Waals surface area contributed by atoms with Crippen LogP contribution < -0.4 is 10.6 Å². The van der Waals surface area contributed by atoms with Crippen molar-refractivity contribution in [2.45, 2.75) is 13.8 Å². The third-order valence-electron chi connectivity index (χ3n) is 1.44. The van der Waals surface area contributed by atoms with E-state index in [9.17, 15) is 4.79 Å². The second-order valence-electron chi connectivity index (χ2n) is 2.45. The zero-order valence-electron chi connectivity index (χ0n) is 7.18. The highest BCUT2D eigenvalue weighted by Crippen LogP contribution is 2.18. The molecule has 0 atom stereocenters. The van der Waals surface area contributed by atoms with Crippen LogP contribution in [-0.2, 0) is 0 Å². The molecule has 1 rings (SSSR count). The van der Waals surface area contributed by atoms with Crippen molar-refractivity contribution in [3.05, 3.63) is 16.3 Å². The summed E-state index contributed by atoms with van der Waals surface area (Å²) in [6.07, 6.45) is 0. The molecule has 1 heterocycles. The molecular formula is C8H12N2OS. The van der Waals surface area contributed by atoms with Gasteiger partial charge >= 0.3 is 6.03 Å². The summed E-state index contributed by atoms with van der Waals surface area (Å²) in [4.78, 5) is 11.0. The number of nitrogens with one attached hydrogen (secondary N) is 2. The number of rotatable bonds is 2. The monoisotopic (exact) mass is 184 g/mol. The fourth-order valence-electron chi connectivity index (χ4n) is 0.816. The molecule has 0 saturated carbocycles. The van der Waals surface area contributed by atoms with Crippen LogP contribution in [-0.4, -0.2) is 12.6 Å². The van der Waals surface area contributed by atoms with Crippen LogP contribution in [0.5, 0.6) is 0 Å². The SMILES string of the molecule is CCNC(=O)Nc1cscc1C. The van der Waals surface area contributed by atoms with E-state index in [1.807, 2.05) is 24.6 Å². The zero-order valence-corrected chi connectivity index (χ0v) is 7.99. The van der Waals surface area contributed by atoms with Crippen molar-refractivity contribution in [1.29, 1.82) is 0 Å². The summed E-state index contributed by atoms with van der Waals surface area (Å²) in [5.41, 5.74) is 2.00. The summed E-state index contributed by atoms with van der Waals surface area (Å²) in [5, 5.41) is 9.34. The summed E-state index contributed by atoms with van der Waals surface area (Å²) in [7, 11) is 0. The Morgan fingerprint density at radius 2 is 2.33 bits per heavy atom. The Labute approximate surface area is 75.8 Å². The Morgan fingerprint density at radius 3 is 2.83 bits per heavy atom. The molecule has 12 heavy (non-hydrogen) atoms. The topological polar surface area (TPSA) is 41.1 Å². The number of anilines is 1. The molecule has 0 aliphatic heterocycles. The lowest BCUT2D eigenvalue weighted by Crippen LogP contribution is -2.28. The molecule has 1 aromatic rings. The van der Waals surface area contributed by atoms with E-state index in [1.165, 1.54) is 0 Å². The molecule has 4 heteroatoms. The van der Waals surface area contributed by atoms with Gasteiger partial charge in [-0.25, -0.2) is 4.79 Å². The first kappa shape index (κ1) is 9.06. The van der Waals surface area contributed by atoms with E-state index >= 15 is 0 Å². The van der Waals surface area contributed by atoms with E-state index in [0.717, 1.165) is 11.3 Å². The van der Waals surface area contributed by atoms with E-state index in [4.69, 9.17) is 0 Å². The van der Waals surface area contributed by atoms with Gasteiger partial charge in [0, 0.05) is 11.9 Å². The lowest BCUT2D eigenvalue weighted by molar-refractivity contribution is 0.252. The van der Waals surface area contributed by atoms with Gasteiger partial charge in [-0.05, 0) is 24.8 Å². The average molecular weight is 184 g/mol. The summed E-state index contributed by atoms with van der Waals surface area (Å²) >= 11 is 1.58. The van der Waals surface area contributed by atoms with Crippen LogP contribution in [0.25, 0.3) is 0 Å². The largest absolute Gasteiger partial charge is 0.338 e. The third kappa shape index (κ3) is 2.23. The molecule has 0 radical (unpaired) electrons. The van der Waals surface area contributed by atoms with Crippen LogP contribution in [0.1, 0.15) is 12.5 Å². The highest BCUT2D eigenvalue weighted by molar-refractivity contribution is 7.08. The minimum Gasteiger partial charge on any atom is -0.338 e. The standard InChI is InChI=1S/C8H12N2OS/c1-3-9-8(11)10-7-5-12-4-6(7)2/h4-5H,3H2,1-2H3,(H2,9,10,11). The predicted molar refractivity (Wildman–Crippen MR) is 51.8 cm³/mol. The van der Waals surface area contributed by atoms with Crippen molar-refractivity contribution >= 4 is 23.1 Å². The normalized spacial score (nSPS) is 9.50. The van der Waals surface area contributed by atoms with Crippen molar-refractivity contribution in [2.75, 3.05) is 11.9 Å². The highest BCUT2D eigenvalue weighted by atomic mass is 32.1. The molecule has 0 spiro atoms. The number of carbonyl (C=O) groups excluding carboxylic acids is 1. The predicted octanol–water partition coefficient (Wildman–Crippen LogP) is 2.20. The summed E-state index contributed by atoms with van der Waals surface area (Å²) in [5.74, 6) is 0. The molecule has 66 valence electrons. The number of hydrogen-bond donors (Lipinski definition) is 2. The Bertz CT molecular complexity index is 270. The molecule has 2 amide bonds. The molecule has 0 fully saturated rings. The minimum atomic E-state index is -0.140. The Kier molecular flexibility index (Phi) is 3.10. The van der Waals surface area contributed by atoms with Gasteiger partial charge in [-0.3, -0.25) is 0 Å². The second-order valence-corrected chi connectivity index (χ2v) is 3.20. The number of aryl methyl sites for hydroxylation is 1. The van der Waals surface area contributed by atoms with Gasteiger partial charge in [0.15, 0.2) is 0 Å². The van der Waals surface area contributed by atoms with Gasteiger partial charge < -0.3 is 10.6 Å². The first-order valence-corrected chi connectivity index (χ1v) is 4.76. The maximum atomic E-state index is 11.0. The van der Waals surface area contributed by atoms with Gasteiger partial charge in [-0.1, -0.05) is 0 Å². The van der Waals surface area contributed by atoms with Gasteiger partial charge in [0.1, 0.15) is 0 Å². The third-order valence-corrected chi connectivity index (χ3v) is 2.30. The minimum absolute atomic E-state index is 0.140. The van der Waals surface area contributed by atoms with Gasteiger partial charge in [-0.2, -0.15) is 0 Å². The van der Waals surface area contributed by atoms with Crippen LogP contribution in [0.3, 0.4) is 0 Å². The molecule has 0 aliphatic rings. The molecule has 3 nitrogen and oxygen atoms in total. The maximum Gasteiger partial charge on any atom is 0.319 e. The number of hydrogen-bond acceptors (Lipinski definition) is 2. The van der Waals surface area contributed by atoms with Crippen molar-refractivity contribution in [3.8, 4) is 0 Å². The second kappa shape index (κ2) is 4.11. The van der Waals surface area contributed by atoms with Crippen LogP contribution in [0.2, 0.25) is 0 Å². The smallest absolute Gasteiger partial charge is 0.319 e. The van der Waals surface area contributed by atoms with Crippen LogP contribution in [0.15, 0.2) is 10.8 Å². The molecule has 2 N–H and O–H groups in total. The van der Waals surface area contributed by atoms with Crippen molar-refractivity contribution in [2.24, 2.45) is 0 Å². The first-order chi connectivity index (χ1) is 5.74. The summed E-state index contributed by atoms with van der Waals surface area (Å²) in [6, 6.07) is -0.140. The first-order valence-electron chi connectivity index (χ1n) is 3.81. The number of thiophene rings is 1. The van der Waals surface area contributed by atoms with E-state index in [-0.39, 0.29) is 6.03 Å². The van der Waals surface area contributed by atoms with Crippen LogP contribution in [0, 0.1) is 6.92 Å². The summed E-state index contributed by atoms with van der Waals surface area (Å²) in [6.45, 7) is 4.51. The van der Waals surface area contributed by atoms with Crippen LogP contribution >= 0.6 is 11.3 Å². The molecule has 0 unspecified atom stereocenters. The van der Waals surface area contributed by atoms with Crippen molar-refractivity contribution < 1.29 is 4.79 Å². The van der Waals surface area contributed by atoms with Crippen molar-refractivity contribution in [1.82, 2.24) is 5.32 Å². The van der Waals surface area contributed by atoms with E-state index in [2.05, 4.69) is 10.6 Å². The molecule has 0 aromatic carbocycles. The molecule has 0 bridgehead atoms. The van der Waals surface area contributed by atoms with Gasteiger partial charge in [-0.15, -0.1) is 11.3 Å². The number of urea groups is 1. The number of amides is 2. The van der Waals surface area contributed by atoms with Crippen LogP contribution in [0.4, 0.5) is 10.5 Å². The molecule has 0 aliphatic carbocycles. The lowest BCUT2D eigenvalue weighted by Gasteiger charge is -2.03. The van der Waals surface area contributed by atoms with E-state index in [1.54, 1.807) is 11.3 Å². The molecular weight excluding hydrogens is 172 g/mol. The average Bonchev–Trinajstić information content (AvgIpc) is 2.37. The van der Waals surface area contributed by atoms with E-state index in [0.29, 0.717) is 6.54 Å². The Morgan fingerprint density at radius 1 is 1.58 bits per heavy atom. The quantitative estimate of drug-likeness (QED) is 0.726. The Balaban J connectivity index is 2.52. The maximum absolute atomic E-state index is 11.0. The van der Waals surface area contributed by atoms with E-state index < -0.39 is 0 Å². The Hall–Kier alpha value is -1.03. The lowest BCUT2D eigenvalue weighted by atomic mass is 10.3. The van der Waals surface area contributed by atoms with Gasteiger partial charge in [0.05, 0.1) is 5.69 Å². The van der Waals surface area contributed by atoms with Gasteiger partial charge in [0.2, 0.25) is 0 Å². The molecule has 0 saturated heterocycles. The fraction of sp³-hybridized carbons (Fsp3) is 0.375.